The van der Waals surface area contributed by atoms with Crippen molar-refractivity contribution in [3.05, 3.63) is 70.7 Å². The van der Waals surface area contributed by atoms with Gasteiger partial charge in [-0.15, -0.1) is 5.10 Å². The Morgan fingerprint density at radius 2 is 1.93 bits per heavy atom. The number of anilines is 1. The van der Waals surface area contributed by atoms with Gasteiger partial charge >= 0.3 is 0 Å². The van der Waals surface area contributed by atoms with Gasteiger partial charge in [0, 0.05) is 29.3 Å². The second-order valence-corrected chi connectivity index (χ2v) is 12.2. The Balaban J connectivity index is 1.23. The van der Waals surface area contributed by atoms with Crippen LogP contribution in [0.5, 0.6) is 0 Å². The van der Waals surface area contributed by atoms with E-state index in [-0.39, 0.29) is 24.9 Å². The third kappa shape index (κ3) is 5.90. The summed E-state index contributed by atoms with van der Waals surface area (Å²) in [5.74, 6) is 0.677. The van der Waals surface area contributed by atoms with Crippen molar-refractivity contribution >= 4 is 46.3 Å². The molecule has 0 saturated heterocycles. The van der Waals surface area contributed by atoms with Crippen LogP contribution < -0.4 is 10.6 Å². The fourth-order valence-corrected chi connectivity index (χ4v) is 6.38. The topological polar surface area (TPSA) is 138 Å². The van der Waals surface area contributed by atoms with Gasteiger partial charge in [-0.05, 0) is 42.5 Å². The molecule has 214 valence electrons. The van der Waals surface area contributed by atoms with Crippen LogP contribution in [-0.2, 0) is 11.3 Å². The zero-order valence-corrected chi connectivity index (χ0v) is 24.1. The fourth-order valence-electron chi connectivity index (χ4n) is 5.47. The first-order chi connectivity index (χ1) is 19.9. The molecule has 2 fully saturated rings. The Morgan fingerprint density at radius 1 is 1.10 bits per heavy atom. The molecule has 10 nitrogen and oxygen atoms in total. The summed E-state index contributed by atoms with van der Waals surface area (Å²) in [6, 6.07) is 17.1. The summed E-state index contributed by atoms with van der Waals surface area (Å²) in [5, 5.41) is 38.2. The molecule has 6 atom stereocenters. The summed E-state index contributed by atoms with van der Waals surface area (Å²) in [7, 11) is 0. The fraction of sp³-hybridized carbons (Fsp3) is 0.414. The Bertz CT molecular complexity index is 1540. The lowest BCUT2D eigenvalue weighted by molar-refractivity contribution is -0.129. The first kappa shape index (κ1) is 27.9. The molecule has 2 aliphatic rings. The zero-order valence-electron chi connectivity index (χ0n) is 22.5. The number of amides is 1. The molecule has 2 aromatic heterocycles. The van der Waals surface area contributed by atoms with Crippen LogP contribution in [0.1, 0.15) is 49.3 Å². The highest BCUT2D eigenvalue weighted by Crippen LogP contribution is 2.43. The summed E-state index contributed by atoms with van der Waals surface area (Å²) < 4.78 is 1.54. The number of aliphatic hydroxyl groups excluding tert-OH is 2. The molecule has 0 radical (unpaired) electrons. The first-order valence-electron chi connectivity index (χ1n) is 13.9. The van der Waals surface area contributed by atoms with Gasteiger partial charge < -0.3 is 20.8 Å². The van der Waals surface area contributed by atoms with E-state index in [1.807, 2.05) is 30.3 Å². The highest BCUT2D eigenvalue weighted by atomic mass is 35.5. The lowest BCUT2D eigenvalue weighted by atomic mass is 10.0. The second kappa shape index (κ2) is 11.9. The average molecular weight is 594 g/mol. The van der Waals surface area contributed by atoms with Crippen molar-refractivity contribution in [2.24, 2.45) is 5.92 Å². The van der Waals surface area contributed by atoms with Gasteiger partial charge in [0.1, 0.15) is 6.10 Å². The number of carbonyl (C=O) groups excluding carboxylic acids is 1. The van der Waals surface area contributed by atoms with Crippen molar-refractivity contribution in [1.82, 2.24) is 30.3 Å². The minimum Gasteiger partial charge on any atom is -0.390 e. The van der Waals surface area contributed by atoms with E-state index in [4.69, 9.17) is 21.6 Å². The zero-order chi connectivity index (χ0) is 28.5. The number of carbonyl (C=O) groups is 1. The molecule has 41 heavy (non-hydrogen) atoms. The van der Waals surface area contributed by atoms with Crippen LogP contribution in [-0.4, -0.2) is 65.1 Å². The summed E-state index contributed by atoms with van der Waals surface area (Å²) >= 11 is 7.60. The van der Waals surface area contributed by atoms with Gasteiger partial charge in [-0.1, -0.05) is 78.0 Å². The largest absolute Gasteiger partial charge is 0.390 e. The molecule has 0 aliphatic heterocycles. The molecule has 2 aliphatic carbocycles. The predicted octanol–water partition coefficient (Wildman–Crippen LogP) is 3.94. The first-order valence-corrected chi connectivity index (χ1v) is 15.2. The SMILES string of the molecule is CCCSc1nc(NC2CC2c2ccccc2)c2nnn([C@H]3C[C@@H](C(=O)NCc4cccc(Cl)c4)[C@H](O)[C@@H]3O)c2n1. The van der Waals surface area contributed by atoms with Gasteiger partial charge in [0.15, 0.2) is 22.1 Å². The van der Waals surface area contributed by atoms with E-state index in [0.29, 0.717) is 33.1 Å². The maximum absolute atomic E-state index is 13.0. The number of nitrogens with zero attached hydrogens (tertiary/aromatic N) is 5. The number of nitrogens with one attached hydrogen (secondary N) is 2. The monoisotopic (exact) mass is 593 g/mol. The molecule has 0 spiro atoms. The molecule has 4 N–H and O–H groups in total. The summed E-state index contributed by atoms with van der Waals surface area (Å²) in [4.78, 5) is 22.5. The highest BCUT2D eigenvalue weighted by molar-refractivity contribution is 7.99. The molecule has 12 heteroatoms. The Morgan fingerprint density at radius 3 is 2.71 bits per heavy atom. The van der Waals surface area contributed by atoms with E-state index in [0.717, 1.165) is 24.2 Å². The smallest absolute Gasteiger partial charge is 0.226 e. The van der Waals surface area contributed by atoms with Crippen LogP contribution in [0.4, 0.5) is 5.82 Å². The van der Waals surface area contributed by atoms with Gasteiger partial charge in [-0.2, -0.15) is 0 Å². The van der Waals surface area contributed by atoms with Crippen molar-refractivity contribution in [3.8, 4) is 0 Å². The van der Waals surface area contributed by atoms with Gasteiger partial charge in [0.2, 0.25) is 5.91 Å². The maximum Gasteiger partial charge on any atom is 0.226 e. The quantitative estimate of drug-likeness (QED) is 0.159. The van der Waals surface area contributed by atoms with E-state index in [1.165, 1.54) is 10.2 Å². The number of hydrogen-bond acceptors (Lipinski definition) is 9. The normalized spacial score (nSPS) is 25.4. The molecule has 0 bridgehead atoms. The van der Waals surface area contributed by atoms with Crippen LogP contribution in [0.2, 0.25) is 5.02 Å². The molecule has 2 unspecified atom stereocenters. The minimum atomic E-state index is -1.26. The van der Waals surface area contributed by atoms with E-state index < -0.39 is 24.2 Å². The number of benzene rings is 2. The Kier molecular flexibility index (Phi) is 8.12. The van der Waals surface area contributed by atoms with Gasteiger partial charge in [-0.25, -0.2) is 14.6 Å². The van der Waals surface area contributed by atoms with E-state index in [1.54, 1.807) is 23.9 Å². The van der Waals surface area contributed by atoms with Crippen molar-refractivity contribution in [2.45, 2.75) is 68.1 Å². The van der Waals surface area contributed by atoms with E-state index >= 15 is 0 Å². The predicted molar refractivity (Wildman–Crippen MR) is 158 cm³/mol. The van der Waals surface area contributed by atoms with Gasteiger partial charge in [0.25, 0.3) is 0 Å². The molecule has 6 rings (SSSR count). The van der Waals surface area contributed by atoms with E-state index in [2.05, 4.69) is 40.0 Å². The van der Waals surface area contributed by atoms with E-state index in [9.17, 15) is 15.0 Å². The summed E-state index contributed by atoms with van der Waals surface area (Å²) in [5.41, 5.74) is 3.09. The third-order valence-electron chi connectivity index (χ3n) is 7.74. The number of halogens is 1. The molecular weight excluding hydrogens is 562 g/mol. The van der Waals surface area contributed by atoms with Crippen molar-refractivity contribution < 1.29 is 15.0 Å². The van der Waals surface area contributed by atoms with Crippen molar-refractivity contribution in [1.29, 1.82) is 0 Å². The number of thioether (sulfide) groups is 1. The Hall–Kier alpha value is -3.25. The third-order valence-corrected chi connectivity index (χ3v) is 9.03. The number of fused-ring (bicyclic) bond motifs is 1. The molecule has 2 aromatic carbocycles. The van der Waals surface area contributed by atoms with Crippen molar-refractivity contribution in [2.75, 3.05) is 11.1 Å². The summed E-state index contributed by atoms with van der Waals surface area (Å²) in [6.07, 6.45) is -0.341. The van der Waals surface area contributed by atoms with Crippen LogP contribution in [0.25, 0.3) is 11.2 Å². The molecular formula is C29H32ClN7O3S. The lowest BCUT2D eigenvalue weighted by Gasteiger charge is -2.17. The lowest BCUT2D eigenvalue weighted by Crippen LogP contribution is -2.38. The second-order valence-electron chi connectivity index (χ2n) is 10.7. The van der Waals surface area contributed by atoms with Crippen LogP contribution >= 0.6 is 23.4 Å². The number of rotatable bonds is 10. The van der Waals surface area contributed by atoms with Gasteiger partial charge in [-0.3, -0.25) is 4.79 Å². The molecule has 4 aromatic rings. The maximum atomic E-state index is 13.0. The van der Waals surface area contributed by atoms with Crippen LogP contribution in [0.3, 0.4) is 0 Å². The number of aliphatic hydroxyl groups is 2. The summed E-state index contributed by atoms with van der Waals surface area (Å²) in [6.45, 7) is 2.36. The van der Waals surface area contributed by atoms with Crippen LogP contribution in [0.15, 0.2) is 59.8 Å². The minimum absolute atomic E-state index is 0.186. The average Bonchev–Trinajstić information content (AvgIpc) is 3.52. The molecule has 1 amide bonds. The number of aromatic nitrogens is 5. The molecule has 2 heterocycles. The number of hydrogen-bond donors (Lipinski definition) is 4. The van der Waals surface area contributed by atoms with Crippen molar-refractivity contribution in [3.63, 3.8) is 0 Å². The molecule has 2 saturated carbocycles. The Labute approximate surface area is 246 Å². The standard InChI is InChI=1S/C29H32ClN7O3S/c1-2-11-41-29-33-26(32-21-13-19(21)17-8-4-3-5-9-17)23-27(34-29)37(36-35-23)22-14-20(24(38)25(22)39)28(40)31-15-16-7-6-10-18(30)12-16/h3-10,12,19-22,24-25,38-39H,2,11,13-15H2,1H3,(H,31,40)(H,32,33,34)/t19?,20-,21?,22+,24+,25-/m1/s1. The highest BCUT2D eigenvalue weighted by Gasteiger charge is 2.47. The van der Waals surface area contributed by atoms with Gasteiger partial charge in [0.05, 0.1) is 18.1 Å². The van der Waals surface area contributed by atoms with Crippen LogP contribution in [0, 0.1) is 5.92 Å².